The van der Waals surface area contributed by atoms with Gasteiger partial charge in [-0.05, 0) is 31.6 Å². The Morgan fingerprint density at radius 3 is 2.38 bits per heavy atom. The quantitative estimate of drug-likeness (QED) is 0.589. The van der Waals surface area contributed by atoms with Gasteiger partial charge in [-0.2, -0.15) is 0 Å². The molecule has 2 aliphatic rings. The van der Waals surface area contributed by atoms with E-state index in [1.54, 1.807) is 0 Å². The average Bonchev–Trinajstić information content (AvgIpc) is 2.24. The van der Waals surface area contributed by atoms with E-state index in [0.29, 0.717) is 6.04 Å². The fourth-order valence-electron chi connectivity index (χ4n) is 2.65. The highest BCUT2D eigenvalue weighted by molar-refractivity contribution is 5.78. The molecule has 16 heavy (non-hydrogen) atoms. The molecule has 0 aromatic heterocycles. The lowest BCUT2D eigenvalue weighted by molar-refractivity contribution is 0.256. The van der Waals surface area contributed by atoms with Gasteiger partial charge in [-0.15, -0.1) is 0 Å². The number of aliphatic imine (C=N–C) groups is 1. The number of rotatable bonds is 3. The van der Waals surface area contributed by atoms with E-state index >= 15 is 0 Å². The van der Waals surface area contributed by atoms with Crippen LogP contribution >= 0.6 is 0 Å². The van der Waals surface area contributed by atoms with Crippen LogP contribution < -0.4 is 5.73 Å². The monoisotopic (exact) mass is 223 g/mol. The summed E-state index contributed by atoms with van der Waals surface area (Å²) in [4.78, 5) is 6.82. The maximum Gasteiger partial charge on any atom is 0.191 e. The molecular weight excluding hydrogens is 198 g/mol. The number of hydrogen-bond donors (Lipinski definition) is 1. The van der Waals surface area contributed by atoms with Crippen LogP contribution in [0.4, 0.5) is 0 Å². The molecule has 0 bridgehead atoms. The van der Waals surface area contributed by atoms with E-state index in [0.717, 1.165) is 18.4 Å². The smallest absolute Gasteiger partial charge is 0.191 e. The van der Waals surface area contributed by atoms with E-state index < -0.39 is 0 Å². The Bertz CT molecular complexity index is 240. The lowest BCUT2D eigenvalue weighted by Gasteiger charge is -2.31. The molecule has 0 radical (unpaired) electrons. The Morgan fingerprint density at radius 2 is 1.81 bits per heavy atom. The van der Waals surface area contributed by atoms with Crippen molar-refractivity contribution in [2.45, 2.75) is 57.4 Å². The van der Waals surface area contributed by atoms with Gasteiger partial charge >= 0.3 is 0 Å². The zero-order chi connectivity index (χ0) is 11.4. The zero-order valence-electron chi connectivity index (χ0n) is 10.5. The third-order valence-corrected chi connectivity index (χ3v) is 4.04. The first-order chi connectivity index (χ1) is 7.75. The lowest BCUT2D eigenvalue weighted by atomic mass is 9.85. The summed E-state index contributed by atoms with van der Waals surface area (Å²) in [7, 11) is 2.08. The van der Waals surface area contributed by atoms with E-state index in [-0.39, 0.29) is 0 Å². The largest absolute Gasteiger partial charge is 0.370 e. The van der Waals surface area contributed by atoms with Gasteiger partial charge in [0.15, 0.2) is 5.96 Å². The van der Waals surface area contributed by atoms with Crippen molar-refractivity contribution < 1.29 is 0 Å². The van der Waals surface area contributed by atoms with E-state index in [2.05, 4.69) is 16.9 Å². The summed E-state index contributed by atoms with van der Waals surface area (Å²) in [6, 6.07) is 0.498. The number of guanidine groups is 1. The standard InChI is InChI=1S/C13H25N3/c1-16(10-11-6-5-7-11)13(14)15-12-8-3-2-4-9-12/h11-12H,2-10H2,1H3,(H2,14,15). The molecule has 3 nitrogen and oxygen atoms in total. The van der Waals surface area contributed by atoms with Crippen molar-refractivity contribution >= 4 is 5.96 Å². The molecule has 0 aliphatic heterocycles. The van der Waals surface area contributed by atoms with Gasteiger partial charge in [0.05, 0.1) is 6.04 Å². The van der Waals surface area contributed by atoms with Crippen molar-refractivity contribution in [2.75, 3.05) is 13.6 Å². The third-order valence-electron chi connectivity index (χ3n) is 4.04. The highest BCUT2D eigenvalue weighted by Crippen LogP contribution is 2.26. The van der Waals surface area contributed by atoms with Crippen LogP contribution in [0.15, 0.2) is 4.99 Å². The van der Waals surface area contributed by atoms with Gasteiger partial charge in [-0.3, -0.25) is 0 Å². The Morgan fingerprint density at radius 1 is 1.12 bits per heavy atom. The van der Waals surface area contributed by atoms with Crippen molar-refractivity contribution in [3.63, 3.8) is 0 Å². The molecule has 3 heteroatoms. The maximum absolute atomic E-state index is 6.05. The minimum absolute atomic E-state index is 0.498. The molecule has 2 saturated carbocycles. The van der Waals surface area contributed by atoms with Gasteiger partial charge in [-0.1, -0.05) is 25.7 Å². The van der Waals surface area contributed by atoms with E-state index in [9.17, 15) is 0 Å². The summed E-state index contributed by atoms with van der Waals surface area (Å²) in [6.45, 7) is 1.10. The molecule has 92 valence electrons. The van der Waals surface area contributed by atoms with Crippen LogP contribution in [-0.4, -0.2) is 30.5 Å². The Kier molecular flexibility index (Phi) is 4.08. The highest BCUT2D eigenvalue weighted by atomic mass is 15.2. The molecule has 0 spiro atoms. The Labute approximate surface area is 99.1 Å². The zero-order valence-corrected chi connectivity index (χ0v) is 10.5. The van der Waals surface area contributed by atoms with Gasteiger partial charge in [-0.25, -0.2) is 4.99 Å². The maximum atomic E-state index is 6.05. The molecule has 2 N–H and O–H groups in total. The van der Waals surface area contributed by atoms with Gasteiger partial charge in [0, 0.05) is 13.6 Å². The van der Waals surface area contributed by atoms with E-state index in [4.69, 9.17) is 5.73 Å². The fraction of sp³-hybridized carbons (Fsp3) is 0.923. The van der Waals surface area contributed by atoms with Crippen LogP contribution in [0.25, 0.3) is 0 Å². The topological polar surface area (TPSA) is 41.6 Å². The Balaban J connectivity index is 1.78. The van der Waals surface area contributed by atoms with Gasteiger partial charge in [0.2, 0.25) is 0 Å². The molecule has 2 rings (SSSR count). The SMILES string of the molecule is CN(CC1CCC1)C(N)=NC1CCCCC1. The molecule has 0 unspecified atom stereocenters. The second kappa shape index (κ2) is 5.55. The van der Waals surface area contributed by atoms with Crippen LogP contribution in [-0.2, 0) is 0 Å². The summed E-state index contributed by atoms with van der Waals surface area (Å²) in [5.41, 5.74) is 6.05. The number of nitrogens with two attached hydrogens (primary N) is 1. The molecule has 2 fully saturated rings. The first-order valence-electron chi connectivity index (χ1n) is 6.80. The molecular formula is C13H25N3. The molecule has 0 saturated heterocycles. The lowest BCUT2D eigenvalue weighted by Crippen LogP contribution is -2.40. The summed E-state index contributed by atoms with van der Waals surface area (Å²) in [6.07, 6.45) is 10.7. The van der Waals surface area contributed by atoms with Crippen molar-refractivity contribution in [3.8, 4) is 0 Å². The average molecular weight is 223 g/mol. The predicted octanol–water partition coefficient (Wildman–Crippen LogP) is 2.37. The minimum atomic E-state index is 0.498. The number of hydrogen-bond acceptors (Lipinski definition) is 1. The highest BCUT2D eigenvalue weighted by Gasteiger charge is 2.20. The molecule has 0 atom stereocenters. The van der Waals surface area contributed by atoms with Gasteiger partial charge < -0.3 is 10.6 Å². The van der Waals surface area contributed by atoms with Gasteiger partial charge in [0.1, 0.15) is 0 Å². The Hall–Kier alpha value is -0.730. The van der Waals surface area contributed by atoms with E-state index in [1.165, 1.54) is 51.4 Å². The van der Waals surface area contributed by atoms with Gasteiger partial charge in [0.25, 0.3) is 0 Å². The predicted molar refractivity (Wildman–Crippen MR) is 68.5 cm³/mol. The molecule has 0 amide bonds. The first-order valence-corrected chi connectivity index (χ1v) is 6.80. The molecule has 0 aromatic rings. The second-order valence-corrected chi connectivity index (χ2v) is 5.46. The van der Waals surface area contributed by atoms with Crippen LogP contribution in [0.3, 0.4) is 0 Å². The molecule has 2 aliphatic carbocycles. The minimum Gasteiger partial charge on any atom is -0.370 e. The molecule has 0 aromatic carbocycles. The van der Waals surface area contributed by atoms with Crippen molar-refractivity contribution in [1.82, 2.24) is 4.90 Å². The van der Waals surface area contributed by atoms with Crippen LogP contribution in [0.2, 0.25) is 0 Å². The van der Waals surface area contributed by atoms with Crippen molar-refractivity contribution in [2.24, 2.45) is 16.6 Å². The van der Waals surface area contributed by atoms with Crippen LogP contribution in [0.1, 0.15) is 51.4 Å². The summed E-state index contributed by atoms with van der Waals surface area (Å²) in [5.74, 6) is 1.63. The fourth-order valence-corrected chi connectivity index (χ4v) is 2.65. The van der Waals surface area contributed by atoms with E-state index in [1.807, 2.05) is 0 Å². The van der Waals surface area contributed by atoms with Crippen LogP contribution in [0, 0.1) is 5.92 Å². The summed E-state index contributed by atoms with van der Waals surface area (Å²) < 4.78 is 0. The first kappa shape index (κ1) is 11.7. The molecule has 0 heterocycles. The normalized spacial score (nSPS) is 24.2. The number of nitrogens with zero attached hydrogens (tertiary/aromatic N) is 2. The summed E-state index contributed by atoms with van der Waals surface area (Å²) in [5, 5.41) is 0. The third kappa shape index (κ3) is 3.13. The van der Waals surface area contributed by atoms with Crippen molar-refractivity contribution in [1.29, 1.82) is 0 Å². The second-order valence-electron chi connectivity index (χ2n) is 5.46. The van der Waals surface area contributed by atoms with Crippen molar-refractivity contribution in [3.05, 3.63) is 0 Å². The summed E-state index contributed by atoms with van der Waals surface area (Å²) >= 11 is 0. The van der Waals surface area contributed by atoms with Crippen LogP contribution in [0.5, 0.6) is 0 Å².